The van der Waals surface area contributed by atoms with Gasteiger partial charge in [-0.05, 0) is 57.4 Å². The summed E-state index contributed by atoms with van der Waals surface area (Å²) in [6.45, 7) is 6.28. The van der Waals surface area contributed by atoms with Crippen LogP contribution in [0.1, 0.15) is 38.3 Å². The summed E-state index contributed by atoms with van der Waals surface area (Å²) in [6.07, 6.45) is 2.75. The SMILES string of the molecule is CNC(C)c1ccc(N(CCOC)C(C)C2CC2)cc1. The number of hydrogen-bond acceptors (Lipinski definition) is 3. The van der Waals surface area contributed by atoms with Crippen LogP contribution in [0, 0.1) is 5.92 Å². The smallest absolute Gasteiger partial charge is 0.0637 e. The van der Waals surface area contributed by atoms with Gasteiger partial charge >= 0.3 is 0 Å². The van der Waals surface area contributed by atoms with E-state index in [4.69, 9.17) is 4.74 Å². The number of nitrogens with zero attached hydrogens (tertiary/aromatic N) is 1. The zero-order valence-electron chi connectivity index (χ0n) is 13.2. The van der Waals surface area contributed by atoms with Crippen molar-refractivity contribution in [2.45, 2.75) is 38.8 Å². The van der Waals surface area contributed by atoms with E-state index >= 15 is 0 Å². The number of methoxy groups -OCH3 is 1. The van der Waals surface area contributed by atoms with E-state index in [1.54, 1.807) is 7.11 Å². The van der Waals surface area contributed by atoms with Crippen LogP contribution in [-0.4, -0.2) is 33.4 Å². The fourth-order valence-corrected chi connectivity index (χ4v) is 2.71. The van der Waals surface area contributed by atoms with Crippen LogP contribution in [-0.2, 0) is 4.74 Å². The van der Waals surface area contributed by atoms with Crippen LogP contribution in [0.2, 0.25) is 0 Å². The van der Waals surface area contributed by atoms with E-state index < -0.39 is 0 Å². The minimum absolute atomic E-state index is 0.400. The van der Waals surface area contributed by atoms with E-state index in [-0.39, 0.29) is 0 Å². The van der Waals surface area contributed by atoms with E-state index in [0.717, 1.165) is 19.1 Å². The molecule has 1 aromatic rings. The minimum atomic E-state index is 0.400. The Morgan fingerprint density at radius 1 is 1.25 bits per heavy atom. The van der Waals surface area contributed by atoms with Crippen LogP contribution in [0.15, 0.2) is 24.3 Å². The maximum Gasteiger partial charge on any atom is 0.0637 e. The third-order valence-electron chi connectivity index (χ3n) is 4.49. The molecule has 1 fully saturated rings. The lowest BCUT2D eigenvalue weighted by atomic mass is 10.1. The molecule has 3 nitrogen and oxygen atoms in total. The second-order valence-electron chi connectivity index (χ2n) is 5.87. The lowest BCUT2D eigenvalue weighted by Crippen LogP contribution is -2.37. The average Bonchev–Trinajstić information content (AvgIpc) is 3.32. The average molecular weight is 276 g/mol. The molecule has 0 bridgehead atoms. The van der Waals surface area contributed by atoms with Crippen molar-refractivity contribution in [3.8, 4) is 0 Å². The summed E-state index contributed by atoms with van der Waals surface area (Å²) >= 11 is 0. The number of benzene rings is 1. The molecule has 1 aliphatic carbocycles. The maximum atomic E-state index is 5.27. The Labute approximate surface area is 123 Å². The molecule has 0 heterocycles. The summed E-state index contributed by atoms with van der Waals surface area (Å²) in [7, 11) is 3.77. The van der Waals surface area contributed by atoms with E-state index in [1.165, 1.54) is 24.1 Å². The largest absolute Gasteiger partial charge is 0.383 e. The van der Waals surface area contributed by atoms with Crippen molar-refractivity contribution >= 4 is 5.69 Å². The Morgan fingerprint density at radius 2 is 1.90 bits per heavy atom. The summed E-state index contributed by atoms with van der Waals surface area (Å²) in [4.78, 5) is 2.50. The lowest BCUT2D eigenvalue weighted by molar-refractivity contribution is 0.202. The first-order chi connectivity index (χ1) is 9.67. The quantitative estimate of drug-likeness (QED) is 0.789. The zero-order chi connectivity index (χ0) is 14.5. The van der Waals surface area contributed by atoms with E-state index in [0.29, 0.717) is 12.1 Å². The van der Waals surface area contributed by atoms with Gasteiger partial charge in [0.15, 0.2) is 0 Å². The van der Waals surface area contributed by atoms with Gasteiger partial charge in [0.25, 0.3) is 0 Å². The van der Waals surface area contributed by atoms with Gasteiger partial charge in [-0.2, -0.15) is 0 Å². The van der Waals surface area contributed by atoms with Crippen molar-refractivity contribution in [2.24, 2.45) is 5.92 Å². The maximum absolute atomic E-state index is 5.27. The first-order valence-corrected chi connectivity index (χ1v) is 7.70. The van der Waals surface area contributed by atoms with Crippen molar-refractivity contribution in [3.63, 3.8) is 0 Å². The molecule has 0 aliphatic heterocycles. The van der Waals surface area contributed by atoms with Gasteiger partial charge in [-0.1, -0.05) is 12.1 Å². The molecule has 20 heavy (non-hydrogen) atoms. The Hall–Kier alpha value is -1.06. The summed E-state index contributed by atoms with van der Waals surface area (Å²) in [5, 5.41) is 3.28. The molecular weight excluding hydrogens is 248 g/mol. The fourth-order valence-electron chi connectivity index (χ4n) is 2.71. The van der Waals surface area contributed by atoms with Crippen LogP contribution >= 0.6 is 0 Å². The molecule has 2 unspecified atom stereocenters. The molecule has 1 aliphatic rings. The highest BCUT2D eigenvalue weighted by Gasteiger charge is 2.32. The third kappa shape index (κ3) is 3.74. The van der Waals surface area contributed by atoms with Crippen molar-refractivity contribution in [3.05, 3.63) is 29.8 Å². The number of rotatable bonds is 8. The van der Waals surface area contributed by atoms with Gasteiger partial charge < -0.3 is 15.0 Å². The van der Waals surface area contributed by atoms with Gasteiger partial charge in [-0.3, -0.25) is 0 Å². The third-order valence-corrected chi connectivity index (χ3v) is 4.49. The molecule has 1 aromatic carbocycles. The Balaban J connectivity index is 2.10. The highest BCUT2D eigenvalue weighted by molar-refractivity contribution is 5.49. The second kappa shape index (κ2) is 7.09. The van der Waals surface area contributed by atoms with Crippen LogP contribution in [0.4, 0.5) is 5.69 Å². The number of anilines is 1. The first-order valence-electron chi connectivity index (χ1n) is 7.70. The van der Waals surface area contributed by atoms with E-state index in [2.05, 4.69) is 48.3 Å². The molecular formula is C17H28N2O. The van der Waals surface area contributed by atoms with Gasteiger partial charge in [0.05, 0.1) is 6.61 Å². The molecule has 0 aromatic heterocycles. The van der Waals surface area contributed by atoms with Crippen LogP contribution in [0.5, 0.6) is 0 Å². The van der Waals surface area contributed by atoms with Crippen molar-refractivity contribution in [2.75, 3.05) is 32.2 Å². The van der Waals surface area contributed by atoms with Crippen LogP contribution in [0.3, 0.4) is 0 Å². The molecule has 0 amide bonds. The van der Waals surface area contributed by atoms with Gasteiger partial charge in [0, 0.05) is 31.4 Å². The molecule has 3 heteroatoms. The summed E-state index contributed by atoms with van der Waals surface area (Å²) in [6, 6.07) is 9.97. The molecule has 0 spiro atoms. The minimum Gasteiger partial charge on any atom is -0.383 e. The molecule has 2 atom stereocenters. The highest BCUT2D eigenvalue weighted by atomic mass is 16.5. The van der Waals surface area contributed by atoms with Crippen molar-refractivity contribution in [1.29, 1.82) is 0 Å². The zero-order valence-corrected chi connectivity index (χ0v) is 13.2. The second-order valence-corrected chi connectivity index (χ2v) is 5.87. The normalized spacial score (nSPS) is 17.8. The highest BCUT2D eigenvalue weighted by Crippen LogP contribution is 2.37. The first kappa shape index (κ1) is 15.3. The molecule has 1 saturated carbocycles. The van der Waals surface area contributed by atoms with Gasteiger partial charge in [-0.25, -0.2) is 0 Å². The Bertz CT molecular complexity index is 400. The molecule has 0 saturated heterocycles. The van der Waals surface area contributed by atoms with Gasteiger partial charge in [0.1, 0.15) is 0 Å². The van der Waals surface area contributed by atoms with Crippen LogP contribution < -0.4 is 10.2 Å². The Morgan fingerprint density at radius 3 is 2.40 bits per heavy atom. The summed E-state index contributed by atoms with van der Waals surface area (Å²) in [5.41, 5.74) is 2.65. The molecule has 0 radical (unpaired) electrons. The van der Waals surface area contributed by atoms with Crippen molar-refractivity contribution in [1.82, 2.24) is 5.32 Å². The summed E-state index contributed by atoms with van der Waals surface area (Å²) in [5.74, 6) is 0.864. The van der Waals surface area contributed by atoms with Gasteiger partial charge in [-0.15, -0.1) is 0 Å². The number of hydrogen-bond donors (Lipinski definition) is 1. The monoisotopic (exact) mass is 276 g/mol. The van der Waals surface area contributed by atoms with Gasteiger partial charge in [0.2, 0.25) is 0 Å². The molecule has 112 valence electrons. The molecule has 2 rings (SSSR count). The van der Waals surface area contributed by atoms with Crippen molar-refractivity contribution < 1.29 is 4.74 Å². The standard InChI is InChI=1S/C17H28N2O/c1-13(18-3)15-7-9-17(10-8-15)19(11-12-20-4)14(2)16-5-6-16/h7-10,13-14,16,18H,5-6,11-12H2,1-4H3. The predicted octanol–water partition coefficient (Wildman–Crippen LogP) is 3.22. The summed E-state index contributed by atoms with van der Waals surface area (Å²) < 4.78 is 5.27. The van der Waals surface area contributed by atoms with E-state index in [9.17, 15) is 0 Å². The lowest BCUT2D eigenvalue weighted by Gasteiger charge is -2.31. The fraction of sp³-hybridized carbons (Fsp3) is 0.647. The number of nitrogens with one attached hydrogen (secondary N) is 1. The Kier molecular flexibility index (Phi) is 5.44. The predicted molar refractivity (Wildman–Crippen MR) is 85.3 cm³/mol. The number of ether oxygens (including phenoxy) is 1. The van der Waals surface area contributed by atoms with Crippen LogP contribution in [0.25, 0.3) is 0 Å². The molecule has 1 N–H and O–H groups in total. The topological polar surface area (TPSA) is 24.5 Å². The van der Waals surface area contributed by atoms with E-state index in [1.807, 2.05) is 7.05 Å².